The first-order valence-electron chi connectivity index (χ1n) is 8.95. The van der Waals surface area contributed by atoms with E-state index in [1.54, 1.807) is 30.3 Å². The van der Waals surface area contributed by atoms with Crippen LogP contribution < -0.4 is 11.2 Å². The molecule has 0 spiro atoms. The molecule has 1 N–H and O–H groups in total. The summed E-state index contributed by atoms with van der Waals surface area (Å²) in [6.07, 6.45) is -0.255. The number of rotatable bonds is 8. The van der Waals surface area contributed by atoms with Crippen LogP contribution in [0.25, 0.3) is 10.4 Å². The number of nitrogens with one attached hydrogen (secondary N) is 1. The standard InChI is InChI=1S/C18H18IN5O6/c19-11-18(28-9-7-21-23-20)13(29-16(26)12-4-2-1-3-5-12)10-15(30-18)24-8-6-14(25)22-17(24)27/h1-6,8,13,15H,7,9-11H2,(H,22,25,27)/t13?,15-,18-/m1/s1. The Balaban J connectivity index is 1.88. The van der Waals surface area contributed by atoms with Crippen LogP contribution >= 0.6 is 22.6 Å². The molecule has 2 aromatic rings. The maximum atomic E-state index is 12.6. The number of carbonyl (C=O) groups excluding carboxylic acids is 1. The number of carbonyl (C=O) groups is 1. The van der Waals surface area contributed by atoms with Crippen molar-refractivity contribution in [1.29, 1.82) is 0 Å². The van der Waals surface area contributed by atoms with E-state index in [1.165, 1.54) is 16.8 Å². The Morgan fingerprint density at radius 1 is 1.37 bits per heavy atom. The summed E-state index contributed by atoms with van der Waals surface area (Å²) in [4.78, 5) is 41.0. The lowest BCUT2D eigenvalue weighted by Crippen LogP contribution is -2.47. The molecular weight excluding hydrogens is 509 g/mol. The molecule has 1 fully saturated rings. The van der Waals surface area contributed by atoms with Gasteiger partial charge in [-0.15, -0.1) is 0 Å². The molecule has 1 aromatic heterocycles. The topological polar surface area (TPSA) is 148 Å². The Labute approximate surface area is 183 Å². The van der Waals surface area contributed by atoms with E-state index in [0.717, 1.165) is 0 Å². The molecule has 1 saturated heterocycles. The van der Waals surface area contributed by atoms with Crippen molar-refractivity contribution in [2.75, 3.05) is 17.6 Å². The van der Waals surface area contributed by atoms with Crippen LogP contribution in [0.5, 0.6) is 0 Å². The van der Waals surface area contributed by atoms with E-state index < -0.39 is 35.3 Å². The van der Waals surface area contributed by atoms with Crippen molar-refractivity contribution in [3.8, 4) is 0 Å². The Morgan fingerprint density at radius 3 is 2.80 bits per heavy atom. The van der Waals surface area contributed by atoms with E-state index in [2.05, 4.69) is 15.0 Å². The van der Waals surface area contributed by atoms with Gasteiger partial charge in [-0.3, -0.25) is 14.3 Å². The van der Waals surface area contributed by atoms with Crippen molar-refractivity contribution in [3.63, 3.8) is 0 Å². The van der Waals surface area contributed by atoms with E-state index >= 15 is 0 Å². The highest BCUT2D eigenvalue weighted by Crippen LogP contribution is 2.40. The van der Waals surface area contributed by atoms with Crippen LogP contribution in [0.2, 0.25) is 0 Å². The number of H-pyrrole nitrogens is 1. The number of ether oxygens (including phenoxy) is 3. The van der Waals surface area contributed by atoms with Crippen molar-refractivity contribution in [3.05, 3.63) is 79.4 Å². The van der Waals surface area contributed by atoms with Gasteiger partial charge >= 0.3 is 11.7 Å². The minimum Gasteiger partial charge on any atom is -0.453 e. The molecule has 0 amide bonds. The third-order valence-electron chi connectivity index (χ3n) is 4.45. The summed E-state index contributed by atoms with van der Waals surface area (Å²) in [5.41, 5.74) is 7.62. The van der Waals surface area contributed by atoms with E-state index in [-0.39, 0.29) is 24.0 Å². The molecule has 0 aliphatic carbocycles. The quantitative estimate of drug-likeness (QED) is 0.106. The zero-order chi connectivity index (χ0) is 21.6. The summed E-state index contributed by atoms with van der Waals surface area (Å²) in [5, 5.41) is 3.43. The third kappa shape index (κ3) is 4.90. The fourth-order valence-electron chi connectivity index (χ4n) is 3.04. The van der Waals surface area contributed by atoms with Gasteiger partial charge in [0.1, 0.15) is 6.23 Å². The third-order valence-corrected chi connectivity index (χ3v) is 5.51. The number of benzene rings is 1. The average Bonchev–Trinajstić information content (AvgIpc) is 3.10. The fourth-order valence-corrected chi connectivity index (χ4v) is 3.93. The molecule has 0 bridgehead atoms. The molecule has 30 heavy (non-hydrogen) atoms. The molecule has 3 atom stereocenters. The molecule has 1 aliphatic rings. The molecular formula is C18H18IN5O6. The first kappa shape index (κ1) is 22.0. The largest absolute Gasteiger partial charge is 0.453 e. The second-order valence-corrected chi connectivity index (χ2v) is 7.10. The molecule has 12 heteroatoms. The van der Waals surface area contributed by atoms with E-state index in [4.69, 9.17) is 19.7 Å². The maximum absolute atomic E-state index is 12.6. The van der Waals surface area contributed by atoms with Crippen molar-refractivity contribution in [1.82, 2.24) is 9.55 Å². The highest BCUT2D eigenvalue weighted by molar-refractivity contribution is 14.1. The number of nitrogens with zero attached hydrogens (tertiary/aromatic N) is 4. The second-order valence-electron chi connectivity index (χ2n) is 6.33. The summed E-state index contributed by atoms with van der Waals surface area (Å²) in [5.74, 6) is -1.93. The van der Waals surface area contributed by atoms with E-state index in [9.17, 15) is 14.4 Å². The van der Waals surface area contributed by atoms with E-state index in [0.29, 0.717) is 5.56 Å². The number of hydrogen-bond acceptors (Lipinski definition) is 7. The molecule has 1 aliphatic heterocycles. The van der Waals surface area contributed by atoms with Crippen LogP contribution in [0.15, 0.2) is 57.3 Å². The first-order chi connectivity index (χ1) is 14.5. The van der Waals surface area contributed by atoms with Gasteiger partial charge in [-0.25, -0.2) is 9.59 Å². The second kappa shape index (κ2) is 9.89. The number of aromatic nitrogens is 2. The Morgan fingerprint density at radius 2 is 2.13 bits per heavy atom. The van der Waals surface area contributed by atoms with Crippen LogP contribution in [0.4, 0.5) is 0 Å². The van der Waals surface area contributed by atoms with Gasteiger partial charge in [0.2, 0.25) is 5.79 Å². The van der Waals surface area contributed by atoms with Crippen molar-refractivity contribution < 1.29 is 19.0 Å². The highest BCUT2D eigenvalue weighted by Gasteiger charge is 2.52. The molecule has 1 unspecified atom stereocenters. The van der Waals surface area contributed by atoms with Crippen LogP contribution in [-0.2, 0) is 14.2 Å². The molecule has 11 nitrogen and oxygen atoms in total. The van der Waals surface area contributed by atoms with Crippen LogP contribution in [0.1, 0.15) is 23.0 Å². The Hall–Kier alpha value is -2.67. The summed E-state index contributed by atoms with van der Waals surface area (Å²) < 4.78 is 19.0. The first-order valence-corrected chi connectivity index (χ1v) is 10.5. The molecule has 1 aromatic carbocycles. The average molecular weight is 527 g/mol. The number of hydrogen-bond donors (Lipinski definition) is 1. The Kier molecular flexibility index (Phi) is 7.26. The van der Waals surface area contributed by atoms with Gasteiger partial charge in [-0.05, 0) is 17.7 Å². The molecule has 158 valence electrons. The van der Waals surface area contributed by atoms with Crippen molar-refractivity contribution >= 4 is 28.6 Å². The predicted octanol–water partition coefficient (Wildman–Crippen LogP) is 2.14. The molecule has 0 radical (unpaired) electrons. The predicted molar refractivity (Wildman–Crippen MR) is 113 cm³/mol. The summed E-state index contributed by atoms with van der Waals surface area (Å²) >= 11 is 2.03. The van der Waals surface area contributed by atoms with Crippen LogP contribution in [0.3, 0.4) is 0 Å². The summed E-state index contributed by atoms with van der Waals surface area (Å²) in [7, 11) is 0. The van der Waals surface area contributed by atoms with Gasteiger partial charge in [0.25, 0.3) is 5.56 Å². The van der Waals surface area contributed by atoms with Crippen LogP contribution in [-0.4, -0.2) is 45.0 Å². The minimum absolute atomic E-state index is 0.0275. The zero-order valence-electron chi connectivity index (χ0n) is 15.6. The smallest absolute Gasteiger partial charge is 0.338 e. The SMILES string of the molecule is [N-]=[N+]=NCCO[C@]1(CI)O[C@@H](n2ccc(=O)[nH]c2=O)CC1OC(=O)c1ccccc1. The zero-order valence-corrected chi connectivity index (χ0v) is 17.8. The van der Waals surface area contributed by atoms with E-state index in [1.807, 2.05) is 22.6 Å². The Bertz CT molecular complexity index is 1050. The monoisotopic (exact) mass is 527 g/mol. The number of esters is 1. The number of alkyl halides is 1. The van der Waals surface area contributed by atoms with Crippen molar-refractivity contribution in [2.24, 2.45) is 5.11 Å². The van der Waals surface area contributed by atoms with Crippen LogP contribution in [0, 0.1) is 0 Å². The molecule has 0 saturated carbocycles. The van der Waals surface area contributed by atoms with Gasteiger partial charge in [-0.1, -0.05) is 45.9 Å². The lowest BCUT2D eigenvalue weighted by molar-refractivity contribution is -0.248. The maximum Gasteiger partial charge on any atom is 0.338 e. The van der Waals surface area contributed by atoms with Gasteiger partial charge in [-0.2, -0.15) is 0 Å². The van der Waals surface area contributed by atoms with Gasteiger partial charge in [0, 0.05) is 30.1 Å². The summed E-state index contributed by atoms with van der Waals surface area (Å²) in [6, 6.07) is 9.65. The normalized spacial score (nSPS) is 23.0. The van der Waals surface area contributed by atoms with Gasteiger partial charge in [0.15, 0.2) is 6.10 Å². The molecule has 2 heterocycles. The van der Waals surface area contributed by atoms with Gasteiger partial charge < -0.3 is 14.2 Å². The number of aromatic amines is 1. The number of halogens is 1. The number of azide groups is 1. The highest BCUT2D eigenvalue weighted by atomic mass is 127. The van der Waals surface area contributed by atoms with Crippen molar-refractivity contribution in [2.45, 2.75) is 24.5 Å². The lowest BCUT2D eigenvalue weighted by Gasteiger charge is -2.32. The van der Waals surface area contributed by atoms with Gasteiger partial charge in [0.05, 0.1) is 16.6 Å². The summed E-state index contributed by atoms with van der Waals surface area (Å²) in [6.45, 7) is 0.0839. The fraction of sp³-hybridized carbons (Fsp3) is 0.389. The minimum atomic E-state index is -1.36. The lowest BCUT2D eigenvalue weighted by atomic mass is 10.1. The molecule has 3 rings (SSSR count).